The molecule has 3 nitrogen and oxygen atoms in total. The zero-order chi connectivity index (χ0) is 17.6. The first-order chi connectivity index (χ1) is 12.1. The van der Waals surface area contributed by atoms with Gasteiger partial charge in [-0.3, -0.25) is 4.79 Å². The Morgan fingerprint density at radius 3 is 2.44 bits per heavy atom. The van der Waals surface area contributed by atoms with Crippen molar-refractivity contribution in [3.05, 3.63) is 69.2 Å². The number of quaternary nitrogens is 1. The van der Waals surface area contributed by atoms with E-state index in [1.807, 2.05) is 12.1 Å². The highest BCUT2D eigenvalue weighted by Crippen LogP contribution is 2.22. The second-order valence-electron chi connectivity index (χ2n) is 6.60. The maximum Gasteiger partial charge on any atom is 0.224 e. The van der Waals surface area contributed by atoms with Gasteiger partial charge in [-0.2, -0.15) is 0 Å². The third-order valence-corrected chi connectivity index (χ3v) is 5.43. The number of hydrogen-bond acceptors (Lipinski definition) is 1. The van der Waals surface area contributed by atoms with Gasteiger partial charge in [0.15, 0.2) is 0 Å². The predicted molar refractivity (Wildman–Crippen MR) is 102 cm³/mol. The Balaban J connectivity index is 1.57. The van der Waals surface area contributed by atoms with Gasteiger partial charge >= 0.3 is 0 Å². The van der Waals surface area contributed by atoms with E-state index in [0.29, 0.717) is 23.0 Å². The highest BCUT2D eigenvalue weighted by atomic mass is 35.5. The maximum atomic E-state index is 12.2. The van der Waals surface area contributed by atoms with Crippen LogP contribution in [0.1, 0.15) is 29.5 Å². The molecule has 132 valence electrons. The van der Waals surface area contributed by atoms with Crippen molar-refractivity contribution in [2.75, 3.05) is 13.1 Å². The number of amides is 1. The fourth-order valence-corrected chi connectivity index (χ4v) is 3.64. The molecule has 0 radical (unpaired) electrons. The largest absolute Gasteiger partial charge is 0.352 e. The number of nitrogens with one attached hydrogen (secondary N) is 2. The van der Waals surface area contributed by atoms with Gasteiger partial charge in [0.1, 0.15) is 6.54 Å². The van der Waals surface area contributed by atoms with Crippen molar-refractivity contribution in [1.29, 1.82) is 0 Å². The SMILES string of the molecule is O=C(Cc1ccc(Cl)c(Cl)c1)NCc1ccccc1C[NH+]1CCCC1. The van der Waals surface area contributed by atoms with Crippen molar-refractivity contribution in [2.24, 2.45) is 0 Å². The van der Waals surface area contributed by atoms with E-state index in [4.69, 9.17) is 23.2 Å². The Hall–Kier alpha value is -1.55. The summed E-state index contributed by atoms with van der Waals surface area (Å²) in [4.78, 5) is 13.9. The topological polar surface area (TPSA) is 33.5 Å². The number of carbonyl (C=O) groups is 1. The van der Waals surface area contributed by atoms with E-state index < -0.39 is 0 Å². The van der Waals surface area contributed by atoms with Gasteiger partial charge in [0.05, 0.1) is 29.6 Å². The van der Waals surface area contributed by atoms with E-state index in [1.54, 1.807) is 17.0 Å². The molecule has 0 aromatic heterocycles. The molecule has 5 heteroatoms. The quantitative estimate of drug-likeness (QED) is 0.796. The summed E-state index contributed by atoms with van der Waals surface area (Å²) >= 11 is 11.9. The molecule has 0 unspecified atom stereocenters. The average molecular weight is 378 g/mol. The third kappa shape index (κ3) is 5.21. The van der Waals surface area contributed by atoms with E-state index in [1.165, 1.54) is 37.1 Å². The lowest BCUT2D eigenvalue weighted by Crippen LogP contribution is -3.08. The Labute approximate surface area is 158 Å². The smallest absolute Gasteiger partial charge is 0.224 e. The van der Waals surface area contributed by atoms with Crippen molar-refractivity contribution >= 4 is 29.1 Å². The molecule has 1 aliphatic heterocycles. The molecular weight excluding hydrogens is 355 g/mol. The molecule has 1 aliphatic rings. The van der Waals surface area contributed by atoms with Crippen molar-refractivity contribution < 1.29 is 9.69 Å². The first kappa shape index (κ1) is 18.2. The van der Waals surface area contributed by atoms with Crippen LogP contribution in [0.4, 0.5) is 0 Å². The lowest BCUT2D eigenvalue weighted by Gasteiger charge is -2.15. The van der Waals surface area contributed by atoms with E-state index in [0.717, 1.165) is 12.1 Å². The Morgan fingerprint density at radius 1 is 1.00 bits per heavy atom. The molecular formula is C20H23Cl2N2O+. The minimum atomic E-state index is -0.0123. The van der Waals surface area contributed by atoms with E-state index in [9.17, 15) is 4.79 Å². The van der Waals surface area contributed by atoms with Crippen LogP contribution < -0.4 is 10.2 Å². The Kier molecular flexibility index (Phi) is 6.35. The fraction of sp³-hybridized carbons (Fsp3) is 0.350. The molecule has 2 N–H and O–H groups in total. The van der Waals surface area contributed by atoms with Crippen LogP contribution in [0.2, 0.25) is 10.0 Å². The maximum absolute atomic E-state index is 12.2. The van der Waals surface area contributed by atoms with E-state index >= 15 is 0 Å². The van der Waals surface area contributed by atoms with Crippen molar-refractivity contribution in [2.45, 2.75) is 32.4 Å². The average Bonchev–Trinajstić information content (AvgIpc) is 3.10. The summed E-state index contributed by atoms with van der Waals surface area (Å²) in [5.74, 6) is -0.0123. The van der Waals surface area contributed by atoms with E-state index in [-0.39, 0.29) is 5.91 Å². The molecule has 0 atom stereocenters. The van der Waals surface area contributed by atoms with Crippen LogP contribution in [0.15, 0.2) is 42.5 Å². The number of rotatable bonds is 6. The number of likely N-dealkylation sites (tertiary alicyclic amines) is 1. The molecule has 1 amide bonds. The number of halogens is 2. The number of benzene rings is 2. The zero-order valence-electron chi connectivity index (χ0n) is 14.2. The van der Waals surface area contributed by atoms with Gasteiger partial charge in [-0.15, -0.1) is 0 Å². The normalized spacial score (nSPS) is 14.6. The molecule has 3 rings (SSSR count). The van der Waals surface area contributed by atoms with Gasteiger partial charge in [-0.25, -0.2) is 0 Å². The van der Waals surface area contributed by atoms with Gasteiger partial charge in [0, 0.05) is 24.9 Å². The first-order valence-electron chi connectivity index (χ1n) is 8.73. The van der Waals surface area contributed by atoms with Crippen LogP contribution in [0, 0.1) is 0 Å². The van der Waals surface area contributed by atoms with Crippen LogP contribution in [-0.2, 0) is 24.3 Å². The first-order valence-corrected chi connectivity index (χ1v) is 9.48. The van der Waals surface area contributed by atoms with Crippen LogP contribution in [-0.4, -0.2) is 19.0 Å². The third-order valence-electron chi connectivity index (χ3n) is 4.69. The molecule has 0 bridgehead atoms. The monoisotopic (exact) mass is 377 g/mol. The Bertz CT molecular complexity index is 742. The second kappa shape index (κ2) is 8.70. The molecule has 0 aliphatic carbocycles. The number of carbonyl (C=O) groups excluding carboxylic acids is 1. The van der Waals surface area contributed by atoms with Crippen molar-refractivity contribution in [3.63, 3.8) is 0 Å². The summed E-state index contributed by atoms with van der Waals surface area (Å²) in [6, 6.07) is 13.7. The van der Waals surface area contributed by atoms with Crippen LogP contribution in [0.3, 0.4) is 0 Å². The summed E-state index contributed by atoms with van der Waals surface area (Å²) in [6.07, 6.45) is 2.94. The number of hydrogen-bond donors (Lipinski definition) is 2. The van der Waals surface area contributed by atoms with Gasteiger partial charge in [0.2, 0.25) is 5.91 Å². The second-order valence-corrected chi connectivity index (χ2v) is 7.42. The molecule has 25 heavy (non-hydrogen) atoms. The van der Waals surface area contributed by atoms with Crippen LogP contribution in [0.25, 0.3) is 0 Å². The highest BCUT2D eigenvalue weighted by molar-refractivity contribution is 6.42. The van der Waals surface area contributed by atoms with E-state index in [2.05, 4.69) is 23.5 Å². The van der Waals surface area contributed by atoms with Crippen molar-refractivity contribution in [1.82, 2.24) is 5.32 Å². The van der Waals surface area contributed by atoms with Crippen LogP contribution in [0.5, 0.6) is 0 Å². The van der Waals surface area contributed by atoms with Gasteiger partial charge in [0.25, 0.3) is 0 Å². The highest BCUT2D eigenvalue weighted by Gasteiger charge is 2.17. The van der Waals surface area contributed by atoms with Gasteiger partial charge < -0.3 is 10.2 Å². The summed E-state index contributed by atoms with van der Waals surface area (Å²) in [5.41, 5.74) is 3.39. The lowest BCUT2D eigenvalue weighted by molar-refractivity contribution is -0.901. The summed E-state index contributed by atoms with van der Waals surface area (Å²) in [7, 11) is 0. The van der Waals surface area contributed by atoms with Crippen LogP contribution >= 0.6 is 23.2 Å². The lowest BCUT2D eigenvalue weighted by atomic mass is 10.1. The minimum Gasteiger partial charge on any atom is -0.352 e. The summed E-state index contributed by atoms with van der Waals surface area (Å²) in [6.45, 7) is 4.10. The molecule has 1 heterocycles. The summed E-state index contributed by atoms with van der Waals surface area (Å²) in [5, 5.41) is 4.00. The molecule has 1 saturated heterocycles. The molecule has 1 fully saturated rings. The van der Waals surface area contributed by atoms with Crippen molar-refractivity contribution in [3.8, 4) is 0 Å². The van der Waals surface area contributed by atoms with Gasteiger partial charge in [-0.1, -0.05) is 53.5 Å². The van der Waals surface area contributed by atoms with Gasteiger partial charge in [-0.05, 0) is 23.3 Å². The molecule has 0 saturated carbocycles. The predicted octanol–water partition coefficient (Wildman–Crippen LogP) is 3.03. The Morgan fingerprint density at radius 2 is 1.72 bits per heavy atom. The molecule has 2 aromatic rings. The zero-order valence-corrected chi connectivity index (χ0v) is 15.7. The fourth-order valence-electron chi connectivity index (χ4n) is 3.31. The molecule has 0 spiro atoms. The minimum absolute atomic E-state index is 0.0123. The standard InChI is InChI=1S/C20H22Cl2N2O/c21-18-8-7-15(11-19(18)22)12-20(25)23-13-16-5-1-2-6-17(16)14-24-9-3-4-10-24/h1-2,5-8,11H,3-4,9-10,12-14H2,(H,23,25)/p+1. The molecule has 2 aromatic carbocycles. The summed E-state index contributed by atoms with van der Waals surface area (Å²) < 4.78 is 0.